The lowest BCUT2D eigenvalue weighted by Gasteiger charge is -2.00. The van der Waals surface area contributed by atoms with Crippen molar-refractivity contribution in [2.75, 3.05) is 0 Å². The number of allylic oxidation sites excluding steroid dienone is 4. The van der Waals surface area contributed by atoms with Crippen molar-refractivity contribution in [2.24, 2.45) is 0 Å². The van der Waals surface area contributed by atoms with Gasteiger partial charge in [0.1, 0.15) is 0 Å². The van der Waals surface area contributed by atoms with Crippen LogP contribution in [0, 0.1) is 5.41 Å². The van der Waals surface area contributed by atoms with E-state index in [1.807, 2.05) is 19.9 Å². The minimum absolute atomic E-state index is 0.0521. The highest BCUT2D eigenvalue weighted by atomic mass is 16.1. The smallest absolute Gasteiger partial charge is 0.161 e. The molecule has 0 saturated carbocycles. The molecule has 0 radical (unpaired) electrons. The Morgan fingerprint density at radius 1 is 1.25 bits per heavy atom. The number of ketones is 1. The Bertz CT molecular complexity index is 243. The van der Waals surface area contributed by atoms with E-state index in [-0.39, 0.29) is 5.78 Å². The Balaban J connectivity index is 4.87. The van der Waals surface area contributed by atoms with Gasteiger partial charge in [-0.25, -0.2) is 0 Å². The molecule has 0 heterocycles. The van der Waals surface area contributed by atoms with Gasteiger partial charge in [-0.15, -0.1) is 0 Å². The molecule has 0 aromatic heterocycles. The largest absolute Gasteiger partial charge is 0.305 e. The van der Waals surface area contributed by atoms with Gasteiger partial charge in [0.15, 0.2) is 5.78 Å². The average Bonchev–Trinajstić information content (AvgIpc) is 1.98. The zero-order valence-corrected chi connectivity index (χ0v) is 8.06. The van der Waals surface area contributed by atoms with E-state index in [0.29, 0.717) is 11.3 Å². The molecule has 0 aliphatic rings. The fraction of sp³-hybridized carbons (Fsp3) is 0.400. The third-order valence-electron chi connectivity index (χ3n) is 1.61. The summed E-state index contributed by atoms with van der Waals surface area (Å²) >= 11 is 0. The number of nitrogens with one attached hydrogen (secondary N) is 1. The molecular weight excluding hydrogens is 150 g/mol. The molecule has 0 atom stereocenters. The second-order valence-corrected chi connectivity index (χ2v) is 2.77. The first-order valence-electron chi connectivity index (χ1n) is 3.90. The van der Waals surface area contributed by atoms with E-state index < -0.39 is 0 Å². The van der Waals surface area contributed by atoms with Gasteiger partial charge in [0.2, 0.25) is 0 Å². The maximum atomic E-state index is 11.0. The summed E-state index contributed by atoms with van der Waals surface area (Å²) in [6, 6.07) is 0. The van der Waals surface area contributed by atoms with Crippen LogP contribution in [0.4, 0.5) is 0 Å². The number of hydrogen-bond donors (Lipinski definition) is 1. The monoisotopic (exact) mass is 165 g/mol. The molecule has 0 aliphatic carbocycles. The molecule has 0 amide bonds. The van der Waals surface area contributed by atoms with Crippen LogP contribution >= 0.6 is 0 Å². The van der Waals surface area contributed by atoms with Gasteiger partial charge in [-0.3, -0.25) is 4.79 Å². The van der Waals surface area contributed by atoms with Crippen LogP contribution in [-0.4, -0.2) is 11.5 Å². The number of carbonyl (C=O) groups is 1. The Hall–Kier alpha value is -1.18. The van der Waals surface area contributed by atoms with E-state index in [1.54, 1.807) is 13.0 Å². The fourth-order valence-corrected chi connectivity index (χ4v) is 0.785. The summed E-state index contributed by atoms with van der Waals surface area (Å²) < 4.78 is 0. The summed E-state index contributed by atoms with van der Waals surface area (Å²) in [4.78, 5) is 11.0. The predicted octanol–water partition coefficient (Wildman–Crippen LogP) is 2.51. The van der Waals surface area contributed by atoms with Gasteiger partial charge < -0.3 is 5.41 Å². The average molecular weight is 165 g/mol. The molecule has 0 unspecified atom stereocenters. The molecule has 2 nitrogen and oxygen atoms in total. The van der Waals surface area contributed by atoms with E-state index in [4.69, 9.17) is 5.41 Å². The van der Waals surface area contributed by atoms with Crippen molar-refractivity contribution in [1.82, 2.24) is 0 Å². The summed E-state index contributed by atoms with van der Waals surface area (Å²) in [5.41, 5.74) is 1.82. The normalized spacial score (nSPS) is 13.0. The second kappa shape index (κ2) is 4.65. The van der Waals surface area contributed by atoms with Gasteiger partial charge in [-0.05, 0) is 33.8 Å². The van der Waals surface area contributed by atoms with Crippen LogP contribution < -0.4 is 0 Å². The Morgan fingerprint density at radius 2 is 1.75 bits per heavy atom. The second-order valence-electron chi connectivity index (χ2n) is 2.77. The van der Waals surface area contributed by atoms with Gasteiger partial charge in [0.25, 0.3) is 0 Å². The van der Waals surface area contributed by atoms with Crippen molar-refractivity contribution in [3.63, 3.8) is 0 Å². The van der Waals surface area contributed by atoms with Crippen molar-refractivity contribution in [2.45, 2.75) is 27.7 Å². The quantitative estimate of drug-likeness (QED) is 0.389. The third-order valence-corrected chi connectivity index (χ3v) is 1.61. The van der Waals surface area contributed by atoms with Crippen LogP contribution in [0.15, 0.2) is 23.3 Å². The Labute approximate surface area is 73.5 Å². The molecule has 12 heavy (non-hydrogen) atoms. The summed E-state index contributed by atoms with van der Waals surface area (Å²) in [7, 11) is 0. The molecule has 0 rings (SSSR count). The molecule has 0 aliphatic heterocycles. The van der Waals surface area contributed by atoms with E-state index >= 15 is 0 Å². The van der Waals surface area contributed by atoms with Crippen molar-refractivity contribution < 1.29 is 4.79 Å². The van der Waals surface area contributed by atoms with Gasteiger partial charge in [-0.1, -0.05) is 11.6 Å². The highest BCUT2D eigenvalue weighted by Crippen LogP contribution is 2.04. The lowest BCUT2D eigenvalue weighted by Crippen LogP contribution is -2.05. The van der Waals surface area contributed by atoms with Gasteiger partial charge in [0.05, 0.1) is 0 Å². The topological polar surface area (TPSA) is 40.9 Å². The zero-order valence-electron chi connectivity index (χ0n) is 8.06. The molecule has 0 aromatic carbocycles. The molecule has 0 spiro atoms. The highest BCUT2D eigenvalue weighted by molar-refractivity contribution is 6.19. The number of hydrogen-bond acceptors (Lipinski definition) is 2. The Kier molecular flexibility index (Phi) is 4.19. The number of carbonyl (C=O) groups excluding carboxylic acids is 1. The molecule has 66 valence electrons. The molecule has 0 bridgehead atoms. The molecular formula is C10H15NO. The van der Waals surface area contributed by atoms with Crippen LogP contribution in [0.1, 0.15) is 27.7 Å². The van der Waals surface area contributed by atoms with E-state index in [9.17, 15) is 4.79 Å². The van der Waals surface area contributed by atoms with Gasteiger partial charge in [-0.2, -0.15) is 0 Å². The zero-order chi connectivity index (χ0) is 9.72. The lowest BCUT2D eigenvalue weighted by molar-refractivity contribution is -0.113. The molecule has 0 fully saturated rings. The maximum Gasteiger partial charge on any atom is 0.161 e. The van der Waals surface area contributed by atoms with Gasteiger partial charge in [0, 0.05) is 11.3 Å². The van der Waals surface area contributed by atoms with Crippen LogP contribution in [0.3, 0.4) is 0 Å². The first kappa shape index (κ1) is 10.8. The van der Waals surface area contributed by atoms with Crippen LogP contribution in [0.5, 0.6) is 0 Å². The number of rotatable bonds is 3. The van der Waals surface area contributed by atoms with Gasteiger partial charge >= 0.3 is 0 Å². The summed E-state index contributed by atoms with van der Waals surface area (Å²) in [6.07, 6.45) is 3.65. The SMILES string of the molecule is C/C=C(C)\C=C(/C(C)=N)C(C)=O. The molecule has 2 heteroatoms. The molecule has 1 N–H and O–H groups in total. The molecule has 0 saturated heterocycles. The standard InChI is InChI=1S/C10H15NO/c1-5-7(2)6-10(8(3)11)9(4)12/h5-6,11H,1-4H3/b7-5-,10-6+,11-8?. The molecule has 0 aromatic rings. The maximum absolute atomic E-state index is 11.0. The summed E-state index contributed by atoms with van der Waals surface area (Å²) in [6.45, 7) is 6.91. The van der Waals surface area contributed by atoms with Crippen molar-refractivity contribution in [3.05, 3.63) is 23.3 Å². The lowest BCUT2D eigenvalue weighted by atomic mass is 10.1. The first-order chi connectivity index (χ1) is 5.49. The summed E-state index contributed by atoms with van der Waals surface area (Å²) in [5.74, 6) is -0.0521. The van der Waals surface area contributed by atoms with Crippen LogP contribution in [0.25, 0.3) is 0 Å². The predicted molar refractivity (Wildman–Crippen MR) is 51.6 cm³/mol. The van der Waals surface area contributed by atoms with E-state index in [2.05, 4.69) is 0 Å². The minimum Gasteiger partial charge on any atom is -0.305 e. The fourth-order valence-electron chi connectivity index (χ4n) is 0.785. The van der Waals surface area contributed by atoms with E-state index in [0.717, 1.165) is 5.57 Å². The Morgan fingerprint density at radius 3 is 2.00 bits per heavy atom. The third kappa shape index (κ3) is 3.28. The van der Waals surface area contributed by atoms with Crippen LogP contribution in [-0.2, 0) is 4.79 Å². The van der Waals surface area contributed by atoms with Crippen LogP contribution in [0.2, 0.25) is 0 Å². The summed E-state index contributed by atoms with van der Waals surface area (Å²) in [5, 5.41) is 7.33. The van der Waals surface area contributed by atoms with Crippen molar-refractivity contribution >= 4 is 11.5 Å². The first-order valence-corrected chi connectivity index (χ1v) is 3.90. The van der Waals surface area contributed by atoms with E-state index in [1.165, 1.54) is 6.92 Å². The highest BCUT2D eigenvalue weighted by Gasteiger charge is 2.04. The number of Topliss-reactive ketones (excluding diaryl/α,β-unsaturated/α-hetero) is 1. The van der Waals surface area contributed by atoms with Crippen molar-refractivity contribution in [1.29, 1.82) is 5.41 Å². The van der Waals surface area contributed by atoms with Crippen molar-refractivity contribution in [3.8, 4) is 0 Å². The minimum atomic E-state index is -0.0521.